The van der Waals surface area contributed by atoms with Gasteiger partial charge >= 0.3 is 5.97 Å². The van der Waals surface area contributed by atoms with E-state index in [4.69, 9.17) is 9.15 Å². The van der Waals surface area contributed by atoms with Crippen molar-refractivity contribution < 1.29 is 18.9 Å². The van der Waals surface area contributed by atoms with E-state index in [0.29, 0.717) is 10.9 Å². The molecule has 0 saturated heterocycles. The maximum absolute atomic E-state index is 12.8. The summed E-state index contributed by atoms with van der Waals surface area (Å²) >= 11 is 0. The monoisotopic (exact) mass is 387 g/mol. The molecule has 0 unspecified atom stereocenters. The van der Waals surface area contributed by atoms with Crippen LogP contribution in [0.25, 0.3) is 22.1 Å². The fourth-order valence-corrected chi connectivity index (χ4v) is 2.96. The third-order valence-electron chi connectivity index (χ3n) is 4.36. The van der Waals surface area contributed by atoms with Crippen LogP contribution < -0.4 is 10.2 Å². The van der Waals surface area contributed by atoms with Crippen LogP contribution in [0.3, 0.4) is 0 Å². The summed E-state index contributed by atoms with van der Waals surface area (Å²) in [7, 11) is 0. The van der Waals surface area contributed by atoms with Crippen molar-refractivity contribution in [1.29, 1.82) is 0 Å². The molecule has 0 aliphatic carbocycles. The first-order valence-corrected chi connectivity index (χ1v) is 8.61. The highest BCUT2D eigenvalue weighted by Gasteiger charge is 2.21. The van der Waals surface area contributed by atoms with Crippen LogP contribution in [-0.4, -0.2) is 10.9 Å². The van der Waals surface area contributed by atoms with Crippen LogP contribution in [0.1, 0.15) is 10.4 Å². The van der Waals surface area contributed by atoms with E-state index in [1.165, 1.54) is 48.7 Å². The molecule has 0 atom stereocenters. The van der Waals surface area contributed by atoms with Crippen molar-refractivity contribution in [3.05, 3.63) is 105 Å². The second kappa shape index (κ2) is 7.40. The van der Waals surface area contributed by atoms with Gasteiger partial charge < -0.3 is 9.15 Å². The number of carbonyl (C=O) groups is 1. The molecule has 4 aromatic rings. The molecule has 0 aliphatic rings. The van der Waals surface area contributed by atoms with Gasteiger partial charge in [0.05, 0.1) is 15.9 Å². The van der Waals surface area contributed by atoms with Crippen LogP contribution in [0.2, 0.25) is 0 Å². The first kappa shape index (κ1) is 18.1. The Hall–Kier alpha value is -4.26. The van der Waals surface area contributed by atoms with Gasteiger partial charge in [0.1, 0.15) is 23.2 Å². The molecule has 1 heterocycles. The molecule has 1 aromatic heterocycles. The Kier molecular flexibility index (Phi) is 4.62. The van der Waals surface area contributed by atoms with Crippen LogP contribution in [0, 0.1) is 10.1 Å². The third kappa shape index (κ3) is 3.49. The van der Waals surface area contributed by atoms with Crippen LogP contribution >= 0.6 is 0 Å². The van der Waals surface area contributed by atoms with E-state index in [1.807, 2.05) is 18.2 Å². The molecule has 3 aromatic carbocycles. The Bertz CT molecular complexity index is 1290. The summed E-state index contributed by atoms with van der Waals surface area (Å²) < 4.78 is 10.8. The molecule has 0 bridgehead atoms. The van der Waals surface area contributed by atoms with Gasteiger partial charge in [0.25, 0.3) is 5.69 Å². The summed E-state index contributed by atoms with van der Waals surface area (Å²) in [4.78, 5) is 35.6. The van der Waals surface area contributed by atoms with Gasteiger partial charge in [-0.05, 0) is 23.8 Å². The molecule has 0 N–H and O–H groups in total. The van der Waals surface area contributed by atoms with Gasteiger partial charge in [-0.3, -0.25) is 14.9 Å². The topological polar surface area (TPSA) is 99.7 Å². The zero-order valence-electron chi connectivity index (χ0n) is 14.9. The summed E-state index contributed by atoms with van der Waals surface area (Å²) in [5.41, 5.74) is 0.658. The average Bonchev–Trinajstić information content (AvgIpc) is 2.74. The van der Waals surface area contributed by atoms with E-state index in [0.717, 1.165) is 5.56 Å². The van der Waals surface area contributed by atoms with Crippen LogP contribution in [0.5, 0.6) is 5.75 Å². The molecule has 29 heavy (non-hydrogen) atoms. The largest absolute Gasteiger partial charge is 0.463 e. The number of nitro benzene ring substituents is 1. The molecule has 0 saturated carbocycles. The van der Waals surface area contributed by atoms with Gasteiger partial charge in [-0.15, -0.1) is 0 Å². The molecule has 0 spiro atoms. The van der Waals surface area contributed by atoms with Crippen molar-refractivity contribution in [2.24, 2.45) is 0 Å². The van der Waals surface area contributed by atoms with E-state index in [1.54, 1.807) is 12.1 Å². The van der Waals surface area contributed by atoms with Crippen LogP contribution in [-0.2, 0) is 0 Å². The second-order valence-electron chi connectivity index (χ2n) is 6.17. The maximum Gasteiger partial charge on any atom is 0.350 e. The predicted molar refractivity (Wildman–Crippen MR) is 106 cm³/mol. The first-order valence-electron chi connectivity index (χ1n) is 8.61. The highest BCUT2D eigenvalue weighted by Crippen LogP contribution is 2.25. The second-order valence-corrected chi connectivity index (χ2v) is 6.17. The highest BCUT2D eigenvalue weighted by molar-refractivity contribution is 5.95. The summed E-state index contributed by atoms with van der Waals surface area (Å²) in [6.07, 6.45) is 1.35. The van der Waals surface area contributed by atoms with E-state index < -0.39 is 10.9 Å². The van der Waals surface area contributed by atoms with E-state index in [-0.39, 0.29) is 28.0 Å². The zero-order chi connectivity index (χ0) is 20.4. The lowest BCUT2D eigenvalue weighted by Gasteiger charge is -2.07. The van der Waals surface area contributed by atoms with Crippen molar-refractivity contribution in [3.8, 4) is 16.9 Å². The van der Waals surface area contributed by atoms with E-state index in [2.05, 4.69) is 0 Å². The molecule has 0 aliphatic heterocycles. The third-order valence-corrected chi connectivity index (χ3v) is 4.36. The minimum absolute atomic E-state index is 0.108. The van der Waals surface area contributed by atoms with Gasteiger partial charge in [-0.1, -0.05) is 42.5 Å². The van der Waals surface area contributed by atoms with E-state index in [9.17, 15) is 19.7 Å². The smallest absolute Gasteiger partial charge is 0.350 e. The fraction of sp³-hybridized carbons (Fsp3) is 0. The zero-order valence-corrected chi connectivity index (χ0v) is 14.9. The lowest BCUT2D eigenvalue weighted by atomic mass is 10.1. The number of hydrogen-bond acceptors (Lipinski definition) is 6. The number of rotatable bonds is 4. The molecule has 0 amide bonds. The number of nitro groups is 1. The SMILES string of the molecule is O=C(Oc1ccc2c(=O)c(-c3ccccc3)coc2c1)c1ccccc1[N+](=O)[O-]. The number of hydrogen-bond donors (Lipinski definition) is 0. The number of fused-ring (bicyclic) bond motifs is 1. The molecule has 0 fully saturated rings. The Labute approximate surface area is 163 Å². The van der Waals surface area contributed by atoms with Gasteiger partial charge in [0.15, 0.2) is 5.43 Å². The average molecular weight is 387 g/mol. The summed E-state index contributed by atoms with van der Waals surface area (Å²) in [5.74, 6) is -0.767. The Morgan fingerprint density at radius 3 is 2.45 bits per heavy atom. The van der Waals surface area contributed by atoms with Gasteiger partial charge in [0, 0.05) is 12.1 Å². The highest BCUT2D eigenvalue weighted by atomic mass is 16.6. The number of carbonyl (C=O) groups excluding carboxylic acids is 1. The fourth-order valence-electron chi connectivity index (χ4n) is 2.96. The normalized spacial score (nSPS) is 10.6. The molecular formula is C22H13NO6. The van der Waals surface area contributed by atoms with Crippen molar-refractivity contribution in [3.63, 3.8) is 0 Å². The summed E-state index contributed by atoms with van der Waals surface area (Å²) in [5, 5.41) is 11.4. The number of esters is 1. The standard InChI is InChI=1S/C22H13NO6/c24-21-17-11-10-15(29-22(25)16-8-4-5-9-19(16)23(26)27)12-20(17)28-13-18(21)14-6-2-1-3-7-14/h1-13H. The molecule has 0 radical (unpaired) electrons. The van der Waals surface area contributed by atoms with Crippen molar-refractivity contribution in [1.82, 2.24) is 0 Å². The predicted octanol–water partition coefficient (Wildman–Crippen LogP) is 4.59. The molecule has 7 nitrogen and oxygen atoms in total. The first-order chi connectivity index (χ1) is 14.0. The maximum atomic E-state index is 12.8. The Balaban J connectivity index is 1.68. The molecular weight excluding hydrogens is 374 g/mol. The Morgan fingerprint density at radius 2 is 1.69 bits per heavy atom. The number of ether oxygens (including phenoxy) is 1. The van der Waals surface area contributed by atoms with Gasteiger partial charge in [0.2, 0.25) is 0 Å². The number of nitrogens with zero attached hydrogens (tertiary/aromatic N) is 1. The number of benzene rings is 3. The Morgan fingerprint density at radius 1 is 0.966 bits per heavy atom. The van der Waals surface area contributed by atoms with Crippen molar-refractivity contribution in [2.75, 3.05) is 0 Å². The lowest BCUT2D eigenvalue weighted by molar-refractivity contribution is -0.385. The quantitative estimate of drug-likeness (QED) is 0.220. The molecule has 7 heteroatoms. The molecule has 142 valence electrons. The lowest BCUT2D eigenvalue weighted by Crippen LogP contribution is -2.11. The van der Waals surface area contributed by atoms with Gasteiger partial charge in [-0.25, -0.2) is 4.79 Å². The van der Waals surface area contributed by atoms with Crippen LogP contribution in [0.15, 0.2) is 88.3 Å². The number of para-hydroxylation sites is 1. The molecule has 4 rings (SSSR count). The van der Waals surface area contributed by atoms with Crippen molar-refractivity contribution >= 4 is 22.6 Å². The summed E-state index contributed by atoms with van der Waals surface area (Å²) in [6, 6.07) is 19.0. The van der Waals surface area contributed by atoms with E-state index >= 15 is 0 Å². The minimum atomic E-state index is -0.875. The summed E-state index contributed by atoms with van der Waals surface area (Å²) in [6.45, 7) is 0. The van der Waals surface area contributed by atoms with Gasteiger partial charge in [-0.2, -0.15) is 0 Å². The van der Waals surface area contributed by atoms with Crippen molar-refractivity contribution in [2.45, 2.75) is 0 Å². The van der Waals surface area contributed by atoms with Crippen LogP contribution in [0.4, 0.5) is 5.69 Å². The minimum Gasteiger partial charge on any atom is -0.463 e.